The van der Waals surface area contributed by atoms with E-state index in [1.54, 1.807) is 0 Å². The number of hydrogen-bond donors (Lipinski definition) is 1. The van der Waals surface area contributed by atoms with Crippen LogP contribution in [0.5, 0.6) is 0 Å². The van der Waals surface area contributed by atoms with Crippen LogP contribution in [0.25, 0.3) is 0 Å². The molecule has 1 aliphatic heterocycles. The Balaban J connectivity index is 1.95. The topological polar surface area (TPSA) is 19.0 Å². The average Bonchev–Trinajstić information content (AvgIpc) is 2.63. The second-order valence-corrected chi connectivity index (χ2v) is 4.31. The van der Waals surface area contributed by atoms with Gasteiger partial charge in [-0.2, -0.15) is 0 Å². The van der Waals surface area contributed by atoms with Crippen LogP contribution in [0.2, 0.25) is 0 Å². The van der Waals surface area contributed by atoms with Gasteiger partial charge in [0.05, 0.1) is 0 Å². The first-order valence-corrected chi connectivity index (χ1v) is 5.12. The molecule has 0 saturated carbocycles. The molecule has 1 saturated heterocycles. The lowest BCUT2D eigenvalue weighted by Crippen LogP contribution is -2.26. The van der Waals surface area contributed by atoms with Crippen molar-refractivity contribution in [1.29, 1.82) is 0 Å². The van der Waals surface area contributed by atoms with Crippen molar-refractivity contribution in [2.75, 3.05) is 6.54 Å². The van der Waals surface area contributed by atoms with E-state index in [9.17, 15) is 0 Å². The highest BCUT2D eigenvalue weighted by atomic mass is 15.2. The quantitative estimate of drug-likeness (QED) is 0.736. The minimum atomic E-state index is 0.748. The number of aromatic amines is 1. The van der Waals surface area contributed by atoms with Gasteiger partial charge in [-0.1, -0.05) is 6.92 Å². The zero-order chi connectivity index (χ0) is 9.26. The SMILES string of the molecule is CC1CC(C)N(Cc2ccc[nH]2)C1. The summed E-state index contributed by atoms with van der Waals surface area (Å²) in [6.07, 6.45) is 3.35. The standard InChI is InChI=1S/C11H18N2/c1-9-6-10(2)13(7-9)8-11-4-3-5-12-11/h3-5,9-10,12H,6-8H2,1-2H3. The van der Waals surface area contributed by atoms with E-state index in [0.717, 1.165) is 18.5 Å². The molecule has 2 nitrogen and oxygen atoms in total. The van der Waals surface area contributed by atoms with E-state index in [1.807, 2.05) is 6.20 Å². The maximum atomic E-state index is 3.26. The number of nitrogens with one attached hydrogen (secondary N) is 1. The smallest absolute Gasteiger partial charge is 0.0387 e. The van der Waals surface area contributed by atoms with Crippen molar-refractivity contribution in [3.8, 4) is 0 Å². The molecule has 2 rings (SSSR count). The molecule has 0 amide bonds. The maximum Gasteiger partial charge on any atom is 0.0387 e. The fraction of sp³-hybridized carbons (Fsp3) is 0.636. The Labute approximate surface area is 79.9 Å². The summed E-state index contributed by atoms with van der Waals surface area (Å²) in [7, 11) is 0. The summed E-state index contributed by atoms with van der Waals surface area (Å²) >= 11 is 0. The third kappa shape index (κ3) is 1.94. The molecule has 2 heteroatoms. The van der Waals surface area contributed by atoms with E-state index >= 15 is 0 Å². The van der Waals surface area contributed by atoms with Gasteiger partial charge >= 0.3 is 0 Å². The van der Waals surface area contributed by atoms with Crippen molar-refractivity contribution in [2.45, 2.75) is 32.9 Å². The fourth-order valence-electron chi connectivity index (χ4n) is 2.29. The fourth-order valence-corrected chi connectivity index (χ4v) is 2.29. The second-order valence-electron chi connectivity index (χ2n) is 4.31. The Bertz CT molecular complexity index is 253. The monoisotopic (exact) mass is 178 g/mol. The van der Waals surface area contributed by atoms with Crippen LogP contribution in [0.4, 0.5) is 0 Å². The van der Waals surface area contributed by atoms with Gasteiger partial charge in [0, 0.05) is 31.0 Å². The highest BCUT2D eigenvalue weighted by Gasteiger charge is 2.25. The van der Waals surface area contributed by atoms with Crippen LogP contribution in [0.15, 0.2) is 18.3 Å². The van der Waals surface area contributed by atoms with Crippen LogP contribution in [-0.2, 0) is 6.54 Å². The summed E-state index contributed by atoms with van der Waals surface area (Å²) in [5.74, 6) is 0.866. The van der Waals surface area contributed by atoms with E-state index in [2.05, 4.69) is 35.9 Å². The van der Waals surface area contributed by atoms with Gasteiger partial charge in [-0.05, 0) is 31.4 Å². The van der Waals surface area contributed by atoms with Gasteiger partial charge in [-0.15, -0.1) is 0 Å². The summed E-state index contributed by atoms with van der Waals surface area (Å²) in [5.41, 5.74) is 1.33. The molecule has 1 aliphatic rings. The molecule has 0 radical (unpaired) electrons. The first-order chi connectivity index (χ1) is 6.25. The number of H-pyrrole nitrogens is 1. The van der Waals surface area contributed by atoms with Gasteiger partial charge in [0.25, 0.3) is 0 Å². The zero-order valence-corrected chi connectivity index (χ0v) is 8.46. The summed E-state index contributed by atoms with van der Waals surface area (Å²) < 4.78 is 0. The lowest BCUT2D eigenvalue weighted by atomic mass is 10.1. The van der Waals surface area contributed by atoms with E-state index in [-0.39, 0.29) is 0 Å². The Morgan fingerprint density at radius 2 is 2.38 bits per heavy atom. The van der Waals surface area contributed by atoms with Gasteiger partial charge in [0.15, 0.2) is 0 Å². The van der Waals surface area contributed by atoms with Crippen LogP contribution in [0.1, 0.15) is 26.0 Å². The van der Waals surface area contributed by atoms with E-state index in [0.29, 0.717) is 0 Å². The molecule has 2 atom stereocenters. The molecule has 13 heavy (non-hydrogen) atoms. The lowest BCUT2D eigenvalue weighted by molar-refractivity contribution is 0.254. The lowest BCUT2D eigenvalue weighted by Gasteiger charge is -2.19. The highest BCUT2D eigenvalue weighted by Crippen LogP contribution is 2.23. The van der Waals surface area contributed by atoms with Crippen molar-refractivity contribution < 1.29 is 0 Å². The molecular formula is C11H18N2. The van der Waals surface area contributed by atoms with Gasteiger partial charge in [-0.25, -0.2) is 0 Å². The Hall–Kier alpha value is -0.760. The number of hydrogen-bond acceptors (Lipinski definition) is 1. The zero-order valence-electron chi connectivity index (χ0n) is 8.46. The predicted molar refractivity (Wildman–Crippen MR) is 54.4 cm³/mol. The van der Waals surface area contributed by atoms with Crippen molar-refractivity contribution >= 4 is 0 Å². The molecule has 72 valence electrons. The summed E-state index contributed by atoms with van der Waals surface area (Å²) in [5, 5.41) is 0. The molecule has 1 fully saturated rings. The van der Waals surface area contributed by atoms with Crippen LogP contribution >= 0.6 is 0 Å². The van der Waals surface area contributed by atoms with Gasteiger partial charge in [0.2, 0.25) is 0 Å². The van der Waals surface area contributed by atoms with Crippen molar-refractivity contribution in [2.24, 2.45) is 5.92 Å². The number of nitrogens with zero attached hydrogens (tertiary/aromatic N) is 1. The molecule has 0 aromatic carbocycles. The first-order valence-electron chi connectivity index (χ1n) is 5.12. The molecule has 1 aromatic rings. The van der Waals surface area contributed by atoms with Crippen LogP contribution in [0.3, 0.4) is 0 Å². The molecule has 2 heterocycles. The van der Waals surface area contributed by atoms with Gasteiger partial charge in [0.1, 0.15) is 0 Å². The summed E-state index contributed by atoms with van der Waals surface area (Å²) in [6.45, 7) is 7.00. The largest absolute Gasteiger partial charge is 0.364 e. The Kier molecular flexibility index (Phi) is 2.40. The predicted octanol–water partition coefficient (Wildman–Crippen LogP) is 2.25. The summed E-state index contributed by atoms with van der Waals surface area (Å²) in [6, 6.07) is 4.98. The third-order valence-corrected chi connectivity index (χ3v) is 2.95. The number of likely N-dealkylation sites (tertiary alicyclic amines) is 1. The Morgan fingerprint density at radius 3 is 2.92 bits per heavy atom. The average molecular weight is 178 g/mol. The van der Waals surface area contributed by atoms with Gasteiger partial charge < -0.3 is 4.98 Å². The minimum absolute atomic E-state index is 0.748. The first kappa shape index (κ1) is 8.82. The molecular weight excluding hydrogens is 160 g/mol. The van der Waals surface area contributed by atoms with Crippen molar-refractivity contribution in [1.82, 2.24) is 9.88 Å². The molecule has 1 N–H and O–H groups in total. The van der Waals surface area contributed by atoms with E-state index in [4.69, 9.17) is 0 Å². The summed E-state index contributed by atoms with van der Waals surface area (Å²) in [4.78, 5) is 5.81. The normalized spacial score (nSPS) is 29.7. The Morgan fingerprint density at radius 1 is 1.54 bits per heavy atom. The second kappa shape index (κ2) is 3.54. The van der Waals surface area contributed by atoms with Gasteiger partial charge in [-0.3, -0.25) is 4.90 Å². The van der Waals surface area contributed by atoms with Crippen molar-refractivity contribution in [3.63, 3.8) is 0 Å². The van der Waals surface area contributed by atoms with E-state index in [1.165, 1.54) is 18.7 Å². The molecule has 0 spiro atoms. The number of aromatic nitrogens is 1. The van der Waals surface area contributed by atoms with E-state index < -0.39 is 0 Å². The maximum absolute atomic E-state index is 3.26. The number of rotatable bonds is 2. The molecule has 1 aromatic heterocycles. The molecule has 0 aliphatic carbocycles. The molecule has 0 bridgehead atoms. The highest BCUT2D eigenvalue weighted by molar-refractivity contribution is 5.04. The minimum Gasteiger partial charge on any atom is -0.364 e. The molecule has 2 unspecified atom stereocenters. The third-order valence-electron chi connectivity index (χ3n) is 2.95. The van der Waals surface area contributed by atoms with Crippen LogP contribution in [0, 0.1) is 5.92 Å². The van der Waals surface area contributed by atoms with Crippen LogP contribution < -0.4 is 0 Å². The van der Waals surface area contributed by atoms with Crippen molar-refractivity contribution in [3.05, 3.63) is 24.0 Å². The van der Waals surface area contributed by atoms with Crippen LogP contribution in [-0.4, -0.2) is 22.5 Å².